The summed E-state index contributed by atoms with van der Waals surface area (Å²) in [6.07, 6.45) is 5.88. The molecule has 0 radical (unpaired) electrons. The van der Waals surface area contributed by atoms with Crippen LogP contribution in [0.5, 0.6) is 11.5 Å². The number of halogens is 2. The van der Waals surface area contributed by atoms with Crippen LogP contribution < -0.4 is 9.47 Å². The molecule has 0 saturated carbocycles. The van der Waals surface area contributed by atoms with Crippen molar-refractivity contribution in [1.29, 1.82) is 0 Å². The third-order valence-corrected chi connectivity index (χ3v) is 3.42. The fraction of sp³-hybridized carbons (Fsp3) is 0. The maximum Gasteiger partial charge on any atom is 0.335 e. The predicted octanol–water partition coefficient (Wildman–Crippen LogP) is 4.79. The molecule has 154 valence electrons. The normalized spacial score (nSPS) is 10.6. The van der Waals surface area contributed by atoms with Crippen LogP contribution in [0.25, 0.3) is 11.1 Å². The van der Waals surface area contributed by atoms with Crippen LogP contribution in [0.1, 0.15) is 0 Å². The van der Waals surface area contributed by atoms with E-state index in [-0.39, 0.29) is 11.3 Å². The lowest BCUT2D eigenvalue weighted by atomic mass is 10.0. The Hall–Kier alpha value is -4.20. The Bertz CT molecular complexity index is 993. The summed E-state index contributed by atoms with van der Waals surface area (Å²) in [4.78, 5) is 21.7. The fourth-order valence-corrected chi connectivity index (χ4v) is 2.05. The highest BCUT2D eigenvalue weighted by Crippen LogP contribution is 2.31. The van der Waals surface area contributed by atoms with Crippen molar-refractivity contribution in [2.45, 2.75) is 0 Å². The van der Waals surface area contributed by atoms with Crippen LogP contribution in [0, 0.1) is 11.6 Å². The summed E-state index contributed by atoms with van der Waals surface area (Å²) < 4.78 is 47.9. The zero-order valence-corrected chi connectivity index (χ0v) is 15.5. The van der Waals surface area contributed by atoms with Crippen molar-refractivity contribution < 1.29 is 37.3 Å². The van der Waals surface area contributed by atoms with Gasteiger partial charge in [0.2, 0.25) is 5.82 Å². The van der Waals surface area contributed by atoms with Crippen molar-refractivity contribution in [3.8, 4) is 22.6 Å². The van der Waals surface area contributed by atoms with Gasteiger partial charge in [-0.25, -0.2) is 14.0 Å². The molecule has 6 nitrogen and oxygen atoms in total. The quantitative estimate of drug-likeness (QED) is 0.334. The van der Waals surface area contributed by atoms with Gasteiger partial charge in [0.05, 0.1) is 0 Å². The SMILES string of the molecule is C=CC(=O)O/C=C\Oc1ccc(-c2ccc(O/C=C\OC(=O)C=C)c(F)c2F)cc1. The molecule has 0 fully saturated rings. The lowest BCUT2D eigenvalue weighted by molar-refractivity contribution is -0.133. The highest BCUT2D eigenvalue weighted by Gasteiger charge is 2.15. The summed E-state index contributed by atoms with van der Waals surface area (Å²) in [5.74, 6) is -3.69. The van der Waals surface area contributed by atoms with E-state index >= 15 is 0 Å². The predicted molar refractivity (Wildman–Crippen MR) is 104 cm³/mol. The molecule has 0 amide bonds. The number of benzene rings is 2. The van der Waals surface area contributed by atoms with Crippen LogP contribution in [-0.4, -0.2) is 11.9 Å². The molecule has 0 atom stereocenters. The Morgan fingerprint density at radius 3 is 1.87 bits per heavy atom. The molecule has 0 N–H and O–H groups in total. The lowest BCUT2D eigenvalue weighted by Crippen LogP contribution is -1.96. The van der Waals surface area contributed by atoms with Crippen molar-refractivity contribution >= 4 is 11.9 Å². The number of esters is 2. The van der Waals surface area contributed by atoms with Crippen LogP contribution in [0.15, 0.2) is 86.8 Å². The molecule has 2 rings (SSSR count). The standard InChI is InChI=1S/C22H16F2O6/c1-3-19(25)29-13-11-27-16-7-5-15(6-8-16)17-9-10-18(22(24)21(17)23)28-12-14-30-20(26)4-2/h3-14H,1-2H2/b13-11-,14-12-. The molecule has 0 spiro atoms. The van der Waals surface area contributed by atoms with Gasteiger partial charge in [0.15, 0.2) is 11.6 Å². The number of carbonyl (C=O) groups is 2. The van der Waals surface area contributed by atoms with Crippen molar-refractivity contribution in [2.24, 2.45) is 0 Å². The van der Waals surface area contributed by atoms with Crippen LogP contribution >= 0.6 is 0 Å². The maximum absolute atomic E-state index is 14.4. The zero-order valence-electron chi connectivity index (χ0n) is 15.5. The van der Waals surface area contributed by atoms with Gasteiger partial charge in [0.25, 0.3) is 0 Å². The Labute approximate surface area is 170 Å². The van der Waals surface area contributed by atoms with Gasteiger partial charge in [-0.15, -0.1) is 0 Å². The number of ether oxygens (including phenoxy) is 4. The van der Waals surface area contributed by atoms with Crippen molar-refractivity contribution in [3.05, 3.63) is 98.4 Å². The average molecular weight is 414 g/mol. The van der Waals surface area contributed by atoms with Gasteiger partial charge in [0.1, 0.15) is 30.8 Å². The van der Waals surface area contributed by atoms with E-state index in [0.717, 1.165) is 37.2 Å². The van der Waals surface area contributed by atoms with Gasteiger partial charge in [-0.2, -0.15) is 4.39 Å². The Balaban J connectivity index is 2.06. The van der Waals surface area contributed by atoms with Crippen LogP contribution in [0.2, 0.25) is 0 Å². The van der Waals surface area contributed by atoms with E-state index in [1.54, 1.807) is 0 Å². The summed E-state index contributed by atoms with van der Waals surface area (Å²) in [5.41, 5.74) is 0.395. The molecule has 30 heavy (non-hydrogen) atoms. The van der Waals surface area contributed by atoms with E-state index in [0.29, 0.717) is 11.3 Å². The Kier molecular flexibility index (Phi) is 8.07. The fourth-order valence-electron chi connectivity index (χ4n) is 2.05. The Morgan fingerprint density at radius 2 is 1.30 bits per heavy atom. The minimum Gasteiger partial charge on any atom is -0.462 e. The summed E-state index contributed by atoms with van der Waals surface area (Å²) >= 11 is 0. The first kappa shape index (κ1) is 22.1. The second kappa shape index (κ2) is 11.0. The van der Waals surface area contributed by atoms with Gasteiger partial charge >= 0.3 is 11.9 Å². The van der Waals surface area contributed by atoms with Crippen molar-refractivity contribution in [1.82, 2.24) is 0 Å². The topological polar surface area (TPSA) is 71.1 Å². The van der Waals surface area contributed by atoms with E-state index in [9.17, 15) is 18.4 Å². The maximum atomic E-state index is 14.4. The number of hydrogen-bond acceptors (Lipinski definition) is 6. The third-order valence-electron chi connectivity index (χ3n) is 3.42. The first-order valence-corrected chi connectivity index (χ1v) is 8.34. The van der Waals surface area contributed by atoms with Crippen molar-refractivity contribution in [2.75, 3.05) is 0 Å². The molecule has 2 aromatic rings. The van der Waals surface area contributed by atoms with Gasteiger partial charge in [-0.05, 0) is 29.8 Å². The highest BCUT2D eigenvalue weighted by atomic mass is 19.2. The summed E-state index contributed by atoms with van der Waals surface area (Å²) in [7, 11) is 0. The van der Waals surface area contributed by atoms with Gasteiger partial charge in [-0.3, -0.25) is 0 Å². The lowest BCUT2D eigenvalue weighted by Gasteiger charge is -2.09. The van der Waals surface area contributed by atoms with E-state index in [1.165, 1.54) is 36.4 Å². The minimum atomic E-state index is -1.21. The van der Waals surface area contributed by atoms with Gasteiger partial charge < -0.3 is 18.9 Å². The zero-order chi connectivity index (χ0) is 21.9. The number of carbonyl (C=O) groups excluding carboxylic acids is 2. The molecule has 0 saturated heterocycles. The molecule has 0 aliphatic heterocycles. The second-order valence-electron chi connectivity index (χ2n) is 5.33. The molecule has 0 aliphatic carbocycles. The van der Waals surface area contributed by atoms with E-state index in [4.69, 9.17) is 9.47 Å². The van der Waals surface area contributed by atoms with E-state index in [2.05, 4.69) is 22.6 Å². The van der Waals surface area contributed by atoms with Crippen LogP contribution in [-0.2, 0) is 19.1 Å². The number of hydrogen-bond donors (Lipinski definition) is 0. The first-order valence-electron chi connectivity index (χ1n) is 8.34. The highest BCUT2D eigenvalue weighted by molar-refractivity contribution is 5.82. The molecular weight excluding hydrogens is 398 g/mol. The molecule has 0 bridgehead atoms. The monoisotopic (exact) mass is 414 g/mol. The first-order chi connectivity index (χ1) is 14.5. The van der Waals surface area contributed by atoms with Gasteiger partial charge in [0, 0.05) is 17.7 Å². The molecule has 0 unspecified atom stereocenters. The van der Waals surface area contributed by atoms with E-state index in [1.807, 2.05) is 0 Å². The molecule has 0 heterocycles. The van der Waals surface area contributed by atoms with Crippen molar-refractivity contribution in [3.63, 3.8) is 0 Å². The summed E-state index contributed by atoms with van der Waals surface area (Å²) in [6, 6.07) is 8.65. The largest absolute Gasteiger partial charge is 0.462 e. The average Bonchev–Trinajstić information content (AvgIpc) is 2.77. The number of rotatable bonds is 9. The molecule has 8 heteroatoms. The molecule has 2 aromatic carbocycles. The smallest absolute Gasteiger partial charge is 0.335 e. The van der Waals surface area contributed by atoms with Gasteiger partial charge in [-0.1, -0.05) is 25.3 Å². The summed E-state index contributed by atoms with van der Waals surface area (Å²) in [6.45, 7) is 6.45. The second-order valence-corrected chi connectivity index (χ2v) is 5.33. The van der Waals surface area contributed by atoms with Crippen LogP contribution in [0.3, 0.4) is 0 Å². The molecule has 0 aromatic heterocycles. The Morgan fingerprint density at radius 1 is 0.733 bits per heavy atom. The summed E-state index contributed by atoms with van der Waals surface area (Å²) in [5, 5.41) is 0. The minimum absolute atomic E-state index is 0.00363. The van der Waals surface area contributed by atoms with Crippen LogP contribution in [0.4, 0.5) is 8.78 Å². The third kappa shape index (κ3) is 6.16. The molecule has 0 aliphatic rings. The molecular formula is C22H16F2O6. The van der Waals surface area contributed by atoms with E-state index < -0.39 is 23.6 Å².